The Labute approximate surface area is 169 Å². The first-order valence-corrected chi connectivity index (χ1v) is 9.53. The molecule has 1 aromatic carbocycles. The first-order chi connectivity index (χ1) is 13.1. The fourth-order valence-electron chi connectivity index (χ4n) is 3.79. The zero-order chi connectivity index (χ0) is 20.6. The van der Waals surface area contributed by atoms with Gasteiger partial charge in [-0.3, -0.25) is 4.79 Å². The van der Waals surface area contributed by atoms with E-state index < -0.39 is 11.8 Å². The zero-order valence-electron chi connectivity index (χ0n) is 16.2. The van der Waals surface area contributed by atoms with Crippen molar-refractivity contribution in [1.82, 2.24) is 15.1 Å². The summed E-state index contributed by atoms with van der Waals surface area (Å²) in [5.41, 5.74) is 7.19. The predicted molar refractivity (Wildman–Crippen MR) is 107 cm³/mol. The third-order valence-electron chi connectivity index (χ3n) is 4.97. The van der Waals surface area contributed by atoms with Gasteiger partial charge in [0.2, 0.25) is 5.91 Å². The van der Waals surface area contributed by atoms with E-state index in [0.717, 1.165) is 0 Å². The molecule has 2 aliphatic rings. The zero-order valence-corrected chi connectivity index (χ0v) is 17.0. The number of carbonyl (C=O) groups excluding carboxylic acids is 2. The van der Waals surface area contributed by atoms with E-state index in [1.807, 2.05) is 31.7 Å². The number of carbonyl (C=O) groups is 2. The van der Waals surface area contributed by atoms with E-state index in [0.29, 0.717) is 41.5 Å². The largest absolute Gasteiger partial charge is 0.369 e. The Hall–Kier alpha value is -2.72. The summed E-state index contributed by atoms with van der Waals surface area (Å²) < 4.78 is 0. The van der Waals surface area contributed by atoms with Crippen LogP contribution in [0.15, 0.2) is 29.4 Å². The molecule has 3 rings (SSSR count). The maximum Gasteiger partial charge on any atom is 0.317 e. The van der Waals surface area contributed by atoms with Gasteiger partial charge >= 0.3 is 6.03 Å². The van der Waals surface area contributed by atoms with E-state index in [1.165, 1.54) is 0 Å². The van der Waals surface area contributed by atoms with Crippen molar-refractivity contribution in [2.75, 3.05) is 19.6 Å². The number of halogens is 1. The number of amides is 3. The van der Waals surface area contributed by atoms with Crippen molar-refractivity contribution in [1.29, 1.82) is 5.26 Å². The first kappa shape index (κ1) is 20.0. The highest BCUT2D eigenvalue weighted by molar-refractivity contribution is 6.33. The van der Waals surface area contributed by atoms with Crippen molar-refractivity contribution in [2.24, 2.45) is 11.7 Å². The fourth-order valence-corrected chi connectivity index (χ4v) is 4.22. The summed E-state index contributed by atoms with van der Waals surface area (Å²) in [4.78, 5) is 28.6. The third-order valence-corrected chi connectivity index (χ3v) is 5.39. The summed E-state index contributed by atoms with van der Waals surface area (Å²) in [6.45, 7) is 7.09. The molecule has 1 aromatic rings. The average molecular weight is 402 g/mol. The maximum absolute atomic E-state index is 12.6. The van der Waals surface area contributed by atoms with Gasteiger partial charge in [0.05, 0.1) is 23.6 Å². The number of rotatable bonds is 2. The van der Waals surface area contributed by atoms with Crippen LogP contribution < -0.4 is 11.1 Å². The van der Waals surface area contributed by atoms with Gasteiger partial charge in [-0.25, -0.2) is 4.79 Å². The van der Waals surface area contributed by atoms with E-state index in [9.17, 15) is 14.9 Å². The summed E-state index contributed by atoms with van der Waals surface area (Å²) in [7, 11) is 0. The summed E-state index contributed by atoms with van der Waals surface area (Å²) >= 11 is 6.65. The smallest absolute Gasteiger partial charge is 0.317 e. The van der Waals surface area contributed by atoms with Gasteiger partial charge < -0.3 is 20.9 Å². The van der Waals surface area contributed by atoms with Crippen LogP contribution in [0.3, 0.4) is 0 Å². The van der Waals surface area contributed by atoms with Crippen LogP contribution in [-0.4, -0.2) is 53.0 Å². The van der Waals surface area contributed by atoms with E-state index in [4.69, 9.17) is 17.3 Å². The highest BCUT2D eigenvalue weighted by Crippen LogP contribution is 2.43. The van der Waals surface area contributed by atoms with Gasteiger partial charge in [-0.2, -0.15) is 5.26 Å². The molecule has 0 radical (unpaired) electrons. The molecule has 7 nitrogen and oxygen atoms in total. The number of piperazine rings is 1. The summed E-state index contributed by atoms with van der Waals surface area (Å²) in [5, 5.41) is 12.6. The Kier molecular flexibility index (Phi) is 5.26. The first-order valence-electron chi connectivity index (χ1n) is 9.15. The molecule has 1 saturated heterocycles. The standard InChI is InChI=1S/C20H24ClN5O2/c1-20(2,3)24-19(28)25-7-8-26-14(11-25)16(18(23)27)15(17(26)21)13-6-4-5-12(9-13)10-22/h4-6,9,14,16H,7-8,11H2,1-3H3,(H2,23,27)(H,24,28). The number of primary amides is 1. The molecule has 1 fully saturated rings. The molecule has 2 heterocycles. The van der Waals surface area contributed by atoms with Crippen molar-refractivity contribution in [3.05, 3.63) is 40.5 Å². The molecule has 28 heavy (non-hydrogen) atoms. The lowest BCUT2D eigenvalue weighted by atomic mass is 9.88. The maximum atomic E-state index is 12.6. The molecule has 0 aromatic heterocycles. The van der Waals surface area contributed by atoms with Crippen LogP contribution in [0.2, 0.25) is 0 Å². The van der Waals surface area contributed by atoms with E-state index in [2.05, 4.69) is 11.4 Å². The second-order valence-corrected chi connectivity index (χ2v) is 8.52. The molecule has 2 unspecified atom stereocenters. The number of urea groups is 1. The molecule has 0 spiro atoms. The van der Waals surface area contributed by atoms with E-state index in [1.54, 1.807) is 23.1 Å². The number of nitriles is 1. The monoisotopic (exact) mass is 401 g/mol. The number of nitrogens with zero attached hydrogens (tertiary/aromatic N) is 3. The Balaban J connectivity index is 1.92. The van der Waals surface area contributed by atoms with Crippen LogP contribution in [0.1, 0.15) is 31.9 Å². The van der Waals surface area contributed by atoms with Gasteiger partial charge in [-0.15, -0.1) is 0 Å². The molecule has 0 bridgehead atoms. The SMILES string of the molecule is CC(C)(C)NC(=O)N1CCN2C(Cl)=C(c3cccc(C#N)c3)C(C(N)=O)C2C1. The second kappa shape index (κ2) is 7.36. The minimum absolute atomic E-state index is 0.175. The molecule has 148 valence electrons. The Bertz CT molecular complexity index is 883. The van der Waals surface area contributed by atoms with Crippen molar-refractivity contribution in [3.63, 3.8) is 0 Å². The van der Waals surface area contributed by atoms with Gasteiger partial charge in [-0.1, -0.05) is 23.7 Å². The highest BCUT2D eigenvalue weighted by atomic mass is 35.5. The van der Waals surface area contributed by atoms with Gasteiger partial charge in [-0.05, 0) is 38.5 Å². The highest BCUT2D eigenvalue weighted by Gasteiger charge is 2.47. The number of hydrogen-bond acceptors (Lipinski definition) is 4. The van der Waals surface area contributed by atoms with Crippen molar-refractivity contribution < 1.29 is 9.59 Å². The predicted octanol–water partition coefficient (Wildman–Crippen LogP) is 2.08. The molecule has 3 N–H and O–H groups in total. The molecule has 8 heteroatoms. The van der Waals surface area contributed by atoms with Gasteiger partial charge in [0, 0.05) is 30.7 Å². The quantitative estimate of drug-likeness (QED) is 0.740. The topological polar surface area (TPSA) is 102 Å². The molecule has 2 atom stereocenters. The lowest BCUT2D eigenvalue weighted by Crippen LogP contribution is -2.59. The summed E-state index contributed by atoms with van der Waals surface area (Å²) in [5.74, 6) is -1.16. The van der Waals surface area contributed by atoms with Gasteiger partial charge in [0.15, 0.2) is 0 Å². The second-order valence-electron chi connectivity index (χ2n) is 8.16. The van der Waals surface area contributed by atoms with Crippen LogP contribution in [-0.2, 0) is 4.79 Å². The minimum Gasteiger partial charge on any atom is -0.369 e. The lowest BCUT2D eigenvalue weighted by molar-refractivity contribution is -0.121. The molecule has 0 aliphatic carbocycles. The van der Waals surface area contributed by atoms with Crippen LogP contribution >= 0.6 is 11.6 Å². The summed E-state index contributed by atoms with van der Waals surface area (Å²) in [6.07, 6.45) is 0. The third kappa shape index (κ3) is 3.78. The van der Waals surface area contributed by atoms with Crippen LogP contribution in [0.4, 0.5) is 4.79 Å². The number of nitrogens with one attached hydrogen (secondary N) is 1. The van der Waals surface area contributed by atoms with E-state index in [-0.39, 0.29) is 17.6 Å². The van der Waals surface area contributed by atoms with Crippen molar-refractivity contribution in [3.8, 4) is 6.07 Å². The van der Waals surface area contributed by atoms with Gasteiger partial charge in [0.1, 0.15) is 5.16 Å². The number of fused-ring (bicyclic) bond motifs is 1. The van der Waals surface area contributed by atoms with Crippen LogP contribution in [0.25, 0.3) is 5.57 Å². The Morgan fingerprint density at radius 2 is 2.04 bits per heavy atom. The Morgan fingerprint density at radius 3 is 2.64 bits per heavy atom. The molecule has 0 saturated carbocycles. The normalized spacial score (nSPS) is 22.0. The molecule has 3 amide bonds. The van der Waals surface area contributed by atoms with Crippen LogP contribution in [0.5, 0.6) is 0 Å². The average Bonchev–Trinajstić information content (AvgIpc) is 2.92. The Morgan fingerprint density at radius 1 is 1.32 bits per heavy atom. The van der Waals surface area contributed by atoms with Gasteiger partial charge in [0.25, 0.3) is 0 Å². The van der Waals surface area contributed by atoms with Crippen molar-refractivity contribution in [2.45, 2.75) is 32.4 Å². The minimum atomic E-state index is -0.660. The number of benzene rings is 1. The van der Waals surface area contributed by atoms with Crippen molar-refractivity contribution >= 4 is 29.1 Å². The number of hydrogen-bond donors (Lipinski definition) is 2. The number of nitrogens with two attached hydrogens (primary N) is 1. The molecular formula is C20H24ClN5O2. The lowest BCUT2D eigenvalue weighted by Gasteiger charge is -2.41. The molecule has 2 aliphatic heterocycles. The van der Waals surface area contributed by atoms with E-state index >= 15 is 0 Å². The molecular weight excluding hydrogens is 378 g/mol. The fraction of sp³-hybridized carbons (Fsp3) is 0.450. The van der Waals surface area contributed by atoms with Crippen LogP contribution in [0, 0.1) is 17.2 Å². The summed E-state index contributed by atoms with van der Waals surface area (Å²) in [6, 6.07) is 8.56.